The van der Waals surface area contributed by atoms with E-state index in [9.17, 15) is 9.59 Å². The van der Waals surface area contributed by atoms with Gasteiger partial charge < -0.3 is 9.84 Å². The molecule has 0 spiro atoms. The molecule has 2 aromatic carbocycles. The minimum absolute atomic E-state index is 0.0853. The van der Waals surface area contributed by atoms with Crippen molar-refractivity contribution in [2.75, 3.05) is 0 Å². The zero-order valence-corrected chi connectivity index (χ0v) is 13.3. The molecule has 0 aliphatic rings. The normalized spacial score (nSPS) is 11.8. The Hall–Kier alpha value is -2.46. The first-order chi connectivity index (χ1) is 11.0. The molecule has 2 rings (SSSR count). The van der Waals surface area contributed by atoms with E-state index in [-0.39, 0.29) is 12.4 Å². The highest BCUT2D eigenvalue weighted by Crippen LogP contribution is 2.12. The van der Waals surface area contributed by atoms with Gasteiger partial charge in [0.15, 0.2) is 6.10 Å². The highest BCUT2D eigenvalue weighted by atomic mass is 16.5. The van der Waals surface area contributed by atoms with Crippen molar-refractivity contribution < 1.29 is 19.4 Å². The monoisotopic (exact) mass is 312 g/mol. The van der Waals surface area contributed by atoms with Gasteiger partial charge in [-0.25, -0.2) is 4.79 Å². The summed E-state index contributed by atoms with van der Waals surface area (Å²) in [5, 5.41) is 8.99. The molecule has 0 fully saturated rings. The van der Waals surface area contributed by atoms with E-state index in [0.29, 0.717) is 16.7 Å². The minimum Gasteiger partial charge on any atom is -0.451 e. The molecule has 0 aliphatic carbocycles. The number of esters is 1. The van der Waals surface area contributed by atoms with Crippen molar-refractivity contribution >= 4 is 11.8 Å². The quantitative estimate of drug-likeness (QED) is 0.657. The molecule has 1 N–H and O–H groups in total. The van der Waals surface area contributed by atoms with Crippen molar-refractivity contribution in [2.24, 2.45) is 0 Å². The van der Waals surface area contributed by atoms with Crippen LogP contribution in [0.1, 0.15) is 45.7 Å². The third-order valence-electron chi connectivity index (χ3n) is 3.67. The molecule has 4 heteroatoms. The van der Waals surface area contributed by atoms with Gasteiger partial charge in [0.1, 0.15) is 0 Å². The van der Waals surface area contributed by atoms with Gasteiger partial charge in [-0.1, -0.05) is 43.3 Å². The van der Waals surface area contributed by atoms with Crippen LogP contribution < -0.4 is 0 Å². The van der Waals surface area contributed by atoms with Crippen LogP contribution in [0.4, 0.5) is 0 Å². The fourth-order valence-electron chi connectivity index (χ4n) is 2.17. The summed E-state index contributed by atoms with van der Waals surface area (Å²) < 4.78 is 5.23. The van der Waals surface area contributed by atoms with Gasteiger partial charge in [0.05, 0.1) is 12.2 Å². The summed E-state index contributed by atoms with van der Waals surface area (Å²) in [6.07, 6.45) is 0.0514. The summed E-state index contributed by atoms with van der Waals surface area (Å²) in [5.41, 5.74) is 2.73. The number of aliphatic hydroxyl groups excluding tert-OH is 1. The zero-order chi connectivity index (χ0) is 16.8. The predicted molar refractivity (Wildman–Crippen MR) is 87.4 cm³/mol. The van der Waals surface area contributed by atoms with Crippen LogP contribution >= 0.6 is 0 Å². The van der Waals surface area contributed by atoms with Crippen LogP contribution in [0.5, 0.6) is 0 Å². The first-order valence-electron chi connectivity index (χ1n) is 7.59. The number of carbonyl (C=O) groups is 2. The van der Waals surface area contributed by atoms with Crippen LogP contribution in [-0.4, -0.2) is 23.0 Å². The average Bonchev–Trinajstić information content (AvgIpc) is 2.61. The Morgan fingerprint density at radius 2 is 1.48 bits per heavy atom. The molecule has 1 atom stereocenters. The standard InChI is InChI=1S/C19H20O4/c1-3-14-4-8-16(9-5-14)18(21)13(2)23-19(22)17-10-6-15(12-20)7-11-17/h4-11,13,20H,3,12H2,1-2H3. The van der Waals surface area contributed by atoms with E-state index in [2.05, 4.69) is 0 Å². The fraction of sp³-hybridized carbons (Fsp3) is 0.263. The van der Waals surface area contributed by atoms with Crippen molar-refractivity contribution in [3.05, 3.63) is 70.8 Å². The van der Waals surface area contributed by atoms with E-state index in [0.717, 1.165) is 12.0 Å². The fourth-order valence-corrected chi connectivity index (χ4v) is 2.17. The Bertz CT molecular complexity index is 672. The SMILES string of the molecule is CCc1ccc(C(=O)C(C)OC(=O)c2ccc(CO)cc2)cc1. The summed E-state index contributed by atoms with van der Waals surface area (Å²) >= 11 is 0. The van der Waals surface area contributed by atoms with Crippen molar-refractivity contribution in [1.82, 2.24) is 0 Å². The third kappa shape index (κ3) is 4.27. The summed E-state index contributed by atoms with van der Waals surface area (Å²) in [7, 11) is 0. The molecule has 0 saturated heterocycles. The molecule has 0 amide bonds. The number of benzene rings is 2. The summed E-state index contributed by atoms with van der Waals surface area (Å²) in [6, 6.07) is 13.7. The lowest BCUT2D eigenvalue weighted by Gasteiger charge is -2.13. The van der Waals surface area contributed by atoms with E-state index in [4.69, 9.17) is 9.84 Å². The number of Topliss-reactive ketones (excluding diaryl/α,β-unsaturated/α-hetero) is 1. The van der Waals surface area contributed by atoms with Gasteiger partial charge in [0.2, 0.25) is 5.78 Å². The first kappa shape index (κ1) is 16.9. The molecule has 1 unspecified atom stereocenters. The lowest BCUT2D eigenvalue weighted by Crippen LogP contribution is -2.24. The second-order valence-corrected chi connectivity index (χ2v) is 5.32. The summed E-state index contributed by atoms with van der Waals surface area (Å²) in [5.74, 6) is -0.784. The number of ether oxygens (including phenoxy) is 1. The van der Waals surface area contributed by atoms with Gasteiger partial charge in [0, 0.05) is 5.56 Å². The molecule has 120 valence electrons. The largest absolute Gasteiger partial charge is 0.451 e. The third-order valence-corrected chi connectivity index (χ3v) is 3.67. The van der Waals surface area contributed by atoms with E-state index >= 15 is 0 Å². The summed E-state index contributed by atoms with van der Waals surface area (Å²) in [6.45, 7) is 3.53. The minimum atomic E-state index is -0.854. The zero-order valence-electron chi connectivity index (χ0n) is 13.3. The Kier molecular flexibility index (Phi) is 5.66. The van der Waals surface area contributed by atoms with Crippen molar-refractivity contribution in [1.29, 1.82) is 0 Å². The Morgan fingerprint density at radius 1 is 0.957 bits per heavy atom. The van der Waals surface area contributed by atoms with Gasteiger partial charge in [-0.05, 0) is 36.6 Å². The second kappa shape index (κ2) is 7.70. The first-order valence-corrected chi connectivity index (χ1v) is 7.59. The lowest BCUT2D eigenvalue weighted by molar-refractivity contribution is 0.0319. The molecule has 0 aliphatic heterocycles. The van der Waals surface area contributed by atoms with E-state index in [1.807, 2.05) is 19.1 Å². The van der Waals surface area contributed by atoms with Crippen molar-refractivity contribution in [3.63, 3.8) is 0 Å². The molecule has 0 saturated carbocycles. The maximum atomic E-state index is 12.3. The molecule has 0 heterocycles. The Balaban J connectivity index is 2.02. The molecular formula is C19H20O4. The number of hydrogen-bond acceptors (Lipinski definition) is 4. The maximum Gasteiger partial charge on any atom is 0.338 e. The Labute approximate surface area is 135 Å². The van der Waals surface area contributed by atoms with Crippen molar-refractivity contribution in [3.8, 4) is 0 Å². The van der Waals surface area contributed by atoms with Crippen LogP contribution in [0, 0.1) is 0 Å². The van der Waals surface area contributed by atoms with E-state index in [1.165, 1.54) is 0 Å². The van der Waals surface area contributed by atoms with Gasteiger partial charge in [-0.15, -0.1) is 0 Å². The van der Waals surface area contributed by atoms with E-state index < -0.39 is 12.1 Å². The smallest absolute Gasteiger partial charge is 0.338 e. The molecule has 23 heavy (non-hydrogen) atoms. The molecule has 0 radical (unpaired) electrons. The molecule has 0 aromatic heterocycles. The topological polar surface area (TPSA) is 63.6 Å². The van der Waals surface area contributed by atoms with Crippen LogP contribution in [0.3, 0.4) is 0 Å². The van der Waals surface area contributed by atoms with Crippen molar-refractivity contribution in [2.45, 2.75) is 33.0 Å². The molecular weight excluding hydrogens is 292 g/mol. The van der Waals surface area contributed by atoms with Crippen LogP contribution in [0.2, 0.25) is 0 Å². The summed E-state index contributed by atoms with van der Waals surface area (Å²) in [4.78, 5) is 24.4. The number of aryl methyl sites for hydroxylation is 1. The van der Waals surface area contributed by atoms with Gasteiger partial charge in [0.25, 0.3) is 0 Å². The highest BCUT2D eigenvalue weighted by molar-refractivity contribution is 6.01. The second-order valence-electron chi connectivity index (χ2n) is 5.32. The van der Waals surface area contributed by atoms with E-state index in [1.54, 1.807) is 43.3 Å². The van der Waals surface area contributed by atoms with Gasteiger partial charge in [-0.2, -0.15) is 0 Å². The maximum absolute atomic E-state index is 12.3. The number of rotatable bonds is 6. The van der Waals surface area contributed by atoms with Gasteiger partial charge in [-0.3, -0.25) is 4.79 Å². The Morgan fingerprint density at radius 3 is 2.00 bits per heavy atom. The molecule has 4 nitrogen and oxygen atoms in total. The predicted octanol–water partition coefficient (Wildman–Crippen LogP) is 3.17. The van der Waals surface area contributed by atoms with Gasteiger partial charge >= 0.3 is 5.97 Å². The number of ketones is 1. The molecule has 2 aromatic rings. The van der Waals surface area contributed by atoms with Crippen LogP contribution in [0.25, 0.3) is 0 Å². The lowest BCUT2D eigenvalue weighted by atomic mass is 10.0. The molecule has 0 bridgehead atoms. The van der Waals surface area contributed by atoms with Crippen LogP contribution in [-0.2, 0) is 17.8 Å². The number of aliphatic hydroxyl groups is 1. The highest BCUT2D eigenvalue weighted by Gasteiger charge is 2.20. The van der Waals surface area contributed by atoms with Crippen LogP contribution in [0.15, 0.2) is 48.5 Å². The number of carbonyl (C=O) groups excluding carboxylic acids is 2. The number of hydrogen-bond donors (Lipinski definition) is 1. The average molecular weight is 312 g/mol.